The molecular weight excluding hydrogens is 312 g/mol. The first-order chi connectivity index (χ1) is 12.3. The van der Waals surface area contributed by atoms with Gasteiger partial charge < -0.3 is 15.4 Å². The van der Waals surface area contributed by atoms with Gasteiger partial charge in [0, 0.05) is 24.5 Å². The minimum Gasteiger partial charge on any atom is -0.497 e. The molecular formula is C20H22N4O. The molecule has 0 aliphatic carbocycles. The number of anilines is 3. The molecule has 0 spiro atoms. The van der Waals surface area contributed by atoms with Gasteiger partial charge in [0.05, 0.1) is 7.11 Å². The lowest BCUT2D eigenvalue weighted by Gasteiger charge is -2.09. The van der Waals surface area contributed by atoms with Gasteiger partial charge in [-0.05, 0) is 36.6 Å². The van der Waals surface area contributed by atoms with Crippen molar-refractivity contribution in [1.29, 1.82) is 0 Å². The monoisotopic (exact) mass is 334 g/mol. The van der Waals surface area contributed by atoms with E-state index in [4.69, 9.17) is 4.74 Å². The summed E-state index contributed by atoms with van der Waals surface area (Å²) >= 11 is 0. The Labute approximate surface area is 148 Å². The maximum absolute atomic E-state index is 5.23. The molecule has 2 N–H and O–H groups in total. The average molecular weight is 334 g/mol. The third-order valence-corrected chi connectivity index (χ3v) is 3.77. The van der Waals surface area contributed by atoms with Gasteiger partial charge in [0.2, 0.25) is 5.95 Å². The SMILES string of the molecule is COc1cccc(Nc2ccnc(NCCCc3ccccc3)n2)c1. The number of rotatable bonds is 8. The summed E-state index contributed by atoms with van der Waals surface area (Å²) in [5.41, 5.74) is 2.27. The minimum absolute atomic E-state index is 0.626. The Bertz CT molecular complexity index is 792. The van der Waals surface area contributed by atoms with Crippen LogP contribution < -0.4 is 15.4 Å². The molecule has 0 atom stereocenters. The van der Waals surface area contributed by atoms with Gasteiger partial charge in [0.15, 0.2) is 0 Å². The van der Waals surface area contributed by atoms with Crippen LogP contribution in [-0.2, 0) is 6.42 Å². The highest BCUT2D eigenvalue weighted by Gasteiger charge is 2.01. The predicted molar refractivity (Wildman–Crippen MR) is 102 cm³/mol. The molecule has 0 unspecified atom stereocenters. The van der Waals surface area contributed by atoms with Crippen molar-refractivity contribution in [3.63, 3.8) is 0 Å². The first-order valence-electron chi connectivity index (χ1n) is 8.35. The molecule has 1 heterocycles. The van der Waals surface area contributed by atoms with Gasteiger partial charge in [-0.1, -0.05) is 36.4 Å². The number of hydrogen-bond donors (Lipinski definition) is 2. The highest BCUT2D eigenvalue weighted by Crippen LogP contribution is 2.20. The largest absolute Gasteiger partial charge is 0.497 e. The molecule has 0 saturated heterocycles. The molecule has 25 heavy (non-hydrogen) atoms. The molecule has 2 aromatic carbocycles. The highest BCUT2D eigenvalue weighted by atomic mass is 16.5. The summed E-state index contributed by atoms with van der Waals surface area (Å²) in [6, 6.07) is 20.1. The molecule has 1 aromatic heterocycles. The van der Waals surface area contributed by atoms with Crippen molar-refractivity contribution in [1.82, 2.24) is 9.97 Å². The number of nitrogens with zero attached hydrogens (tertiary/aromatic N) is 2. The maximum atomic E-state index is 5.23. The van der Waals surface area contributed by atoms with E-state index in [2.05, 4.69) is 44.9 Å². The number of benzene rings is 2. The number of aryl methyl sites for hydroxylation is 1. The molecule has 5 heteroatoms. The number of nitrogens with one attached hydrogen (secondary N) is 2. The number of ether oxygens (including phenoxy) is 1. The summed E-state index contributed by atoms with van der Waals surface area (Å²) in [5.74, 6) is 2.17. The van der Waals surface area contributed by atoms with Crippen molar-refractivity contribution in [2.75, 3.05) is 24.3 Å². The highest BCUT2D eigenvalue weighted by molar-refractivity contribution is 5.58. The van der Waals surface area contributed by atoms with Crippen LogP contribution in [0.3, 0.4) is 0 Å². The fourth-order valence-corrected chi connectivity index (χ4v) is 2.50. The second-order valence-electron chi connectivity index (χ2n) is 5.64. The van der Waals surface area contributed by atoms with E-state index in [0.717, 1.165) is 36.6 Å². The van der Waals surface area contributed by atoms with Crippen molar-refractivity contribution in [3.05, 3.63) is 72.4 Å². The lowest BCUT2D eigenvalue weighted by molar-refractivity contribution is 0.415. The van der Waals surface area contributed by atoms with Gasteiger partial charge >= 0.3 is 0 Å². The van der Waals surface area contributed by atoms with Crippen molar-refractivity contribution in [2.24, 2.45) is 0 Å². The Kier molecular flexibility index (Phi) is 5.82. The number of aromatic nitrogens is 2. The molecule has 0 bridgehead atoms. The van der Waals surface area contributed by atoms with E-state index >= 15 is 0 Å². The van der Waals surface area contributed by atoms with E-state index in [1.54, 1.807) is 13.3 Å². The Hall–Kier alpha value is -3.08. The first kappa shape index (κ1) is 16.8. The van der Waals surface area contributed by atoms with Crippen LogP contribution in [0.5, 0.6) is 5.75 Å². The molecule has 5 nitrogen and oxygen atoms in total. The lowest BCUT2D eigenvalue weighted by atomic mass is 10.1. The van der Waals surface area contributed by atoms with Gasteiger partial charge in [0.25, 0.3) is 0 Å². The van der Waals surface area contributed by atoms with Crippen LogP contribution in [0.2, 0.25) is 0 Å². The minimum atomic E-state index is 0.626. The van der Waals surface area contributed by atoms with E-state index in [0.29, 0.717) is 5.95 Å². The van der Waals surface area contributed by atoms with Crippen LogP contribution in [0.1, 0.15) is 12.0 Å². The normalized spacial score (nSPS) is 10.3. The molecule has 0 radical (unpaired) electrons. The molecule has 0 aliphatic rings. The Morgan fingerprint density at radius 3 is 2.72 bits per heavy atom. The quantitative estimate of drug-likeness (QED) is 0.602. The van der Waals surface area contributed by atoms with Crippen LogP contribution in [-0.4, -0.2) is 23.6 Å². The molecule has 3 aromatic rings. The second kappa shape index (κ2) is 8.68. The summed E-state index contributed by atoms with van der Waals surface area (Å²) in [5, 5.41) is 6.54. The average Bonchev–Trinajstić information content (AvgIpc) is 2.67. The van der Waals surface area contributed by atoms with Gasteiger partial charge in [-0.2, -0.15) is 4.98 Å². The van der Waals surface area contributed by atoms with Crippen LogP contribution in [0.25, 0.3) is 0 Å². The van der Waals surface area contributed by atoms with Crippen LogP contribution in [0.4, 0.5) is 17.5 Å². The third-order valence-electron chi connectivity index (χ3n) is 3.77. The van der Waals surface area contributed by atoms with E-state index in [9.17, 15) is 0 Å². The molecule has 128 valence electrons. The summed E-state index contributed by atoms with van der Waals surface area (Å²) < 4.78 is 5.23. The fraction of sp³-hybridized carbons (Fsp3) is 0.200. The zero-order valence-corrected chi connectivity index (χ0v) is 14.3. The fourth-order valence-electron chi connectivity index (χ4n) is 2.50. The molecule has 0 aliphatic heterocycles. The predicted octanol–water partition coefficient (Wildman–Crippen LogP) is 4.27. The standard InChI is InChI=1S/C20H22N4O/c1-25-18-11-5-10-17(15-18)23-19-12-14-22-20(24-19)21-13-6-9-16-7-3-2-4-8-16/h2-5,7-8,10-12,14-15H,6,9,13H2,1H3,(H2,21,22,23,24). The second-order valence-corrected chi connectivity index (χ2v) is 5.64. The lowest BCUT2D eigenvalue weighted by Crippen LogP contribution is -2.07. The van der Waals surface area contributed by atoms with Gasteiger partial charge in [0.1, 0.15) is 11.6 Å². The Balaban J connectivity index is 1.52. The maximum Gasteiger partial charge on any atom is 0.224 e. The van der Waals surface area contributed by atoms with Gasteiger partial charge in [-0.25, -0.2) is 4.98 Å². The summed E-state index contributed by atoms with van der Waals surface area (Å²) in [7, 11) is 1.65. The van der Waals surface area contributed by atoms with Crippen molar-refractivity contribution >= 4 is 17.5 Å². The third kappa shape index (κ3) is 5.21. The Morgan fingerprint density at radius 2 is 1.88 bits per heavy atom. The first-order valence-corrected chi connectivity index (χ1v) is 8.35. The van der Waals surface area contributed by atoms with Crippen molar-refractivity contribution in [2.45, 2.75) is 12.8 Å². The van der Waals surface area contributed by atoms with E-state index in [1.807, 2.05) is 36.4 Å². The van der Waals surface area contributed by atoms with Crippen molar-refractivity contribution in [3.8, 4) is 5.75 Å². The van der Waals surface area contributed by atoms with Crippen molar-refractivity contribution < 1.29 is 4.74 Å². The van der Waals surface area contributed by atoms with E-state index < -0.39 is 0 Å². The molecule has 0 amide bonds. The molecule has 0 fully saturated rings. The summed E-state index contributed by atoms with van der Waals surface area (Å²) in [6.07, 6.45) is 3.81. The van der Waals surface area contributed by atoms with E-state index in [1.165, 1.54) is 5.56 Å². The topological polar surface area (TPSA) is 59.1 Å². The van der Waals surface area contributed by atoms with Crippen LogP contribution in [0, 0.1) is 0 Å². The Morgan fingerprint density at radius 1 is 1.00 bits per heavy atom. The number of hydrogen-bond acceptors (Lipinski definition) is 5. The summed E-state index contributed by atoms with van der Waals surface area (Å²) in [4.78, 5) is 8.77. The van der Waals surface area contributed by atoms with E-state index in [-0.39, 0.29) is 0 Å². The van der Waals surface area contributed by atoms with Gasteiger partial charge in [-0.15, -0.1) is 0 Å². The molecule has 0 saturated carbocycles. The van der Waals surface area contributed by atoms with Crippen LogP contribution in [0.15, 0.2) is 66.9 Å². The zero-order chi connectivity index (χ0) is 17.3. The van der Waals surface area contributed by atoms with Crippen LogP contribution >= 0.6 is 0 Å². The number of methoxy groups -OCH3 is 1. The zero-order valence-electron chi connectivity index (χ0n) is 14.3. The smallest absolute Gasteiger partial charge is 0.224 e. The van der Waals surface area contributed by atoms with Gasteiger partial charge in [-0.3, -0.25) is 0 Å². The summed E-state index contributed by atoms with van der Waals surface area (Å²) in [6.45, 7) is 0.831. The molecule has 3 rings (SSSR count).